The second-order valence-corrected chi connectivity index (χ2v) is 5.07. The maximum atomic E-state index is 12.1. The van der Waals surface area contributed by atoms with Gasteiger partial charge in [-0.2, -0.15) is 0 Å². The number of phenols is 1. The van der Waals surface area contributed by atoms with E-state index in [-0.39, 0.29) is 5.75 Å². The predicted octanol–water partition coefficient (Wildman–Crippen LogP) is 3.50. The second kappa shape index (κ2) is 5.68. The lowest BCUT2D eigenvalue weighted by Gasteiger charge is -2.14. The smallest absolute Gasteiger partial charge is 0.338 e. The van der Waals surface area contributed by atoms with Crippen LogP contribution in [0.1, 0.15) is 10.4 Å². The lowest BCUT2D eigenvalue weighted by Crippen LogP contribution is -2.03. The second-order valence-electron chi connectivity index (χ2n) is 5.07. The number of rotatable bonds is 3. The Kier molecular flexibility index (Phi) is 3.70. The minimum atomic E-state index is -0.433. The van der Waals surface area contributed by atoms with Crippen LogP contribution in [0.15, 0.2) is 36.4 Å². The number of fused-ring (bicyclic) bond motifs is 3. The van der Waals surface area contributed by atoms with E-state index >= 15 is 0 Å². The van der Waals surface area contributed by atoms with Crippen LogP contribution in [0, 0.1) is 0 Å². The molecule has 0 aliphatic rings. The molecule has 0 saturated carbocycles. The van der Waals surface area contributed by atoms with E-state index in [0.29, 0.717) is 22.4 Å². The van der Waals surface area contributed by atoms with Crippen LogP contribution in [-0.2, 0) is 4.74 Å². The van der Waals surface area contributed by atoms with Crippen molar-refractivity contribution in [3.63, 3.8) is 0 Å². The number of esters is 1. The molecule has 23 heavy (non-hydrogen) atoms. The molecular weight excluding hydrogens is 296 g/mol. The molecule has 3 aromatic rings. The highest BCUT2D eigenvalue weighted by Crippen LogP contribution is 2.38. The lowest BCUT2D eigenvalue weighted by atomic mass is 9.96. The lowest BCUT2D eigenvalue weighted by molar-refractivity contribution is 0.0603. The summed E-state index contributed by atoms with van der Waals surface area (Å²) in [5.74, 6) is 0.785. The van der Waals surface area contributed by atoms with Crippen LogP contribution >= 0.6 is 0 Å². The van der Waals surface area contributed by atoms with Crippen molar-refractivity contribution < 1.29 is 24.1 Å². The van der Waals surface area contributed by atoms with Gasteiger partial charge in [0.2, 0.25) is 0 Å². The minimum absolute atomic E-state index is 0.152. The molecule has 0 aliphatic carbocycles. The van der Waals surface area contributed by atoms with Crippen molar-refractivity contribution in [3.8, 4) is 17.2 Å². The van der Waals surface area contributed by atoms with Gasteiger partial charge in [0.25, 0.3) is 0 Å². The average Bonchev–Trinajstić information content (AvgIpc) is 2.59. The topological polar surface area (TPSA) is 65.0 Å². The molecule has 5 nitrogen and oxygen atoms in total. The third-order valence-electron chi connectivity index (χ3n) is 3.85. The fourth-order valence-electron chi connectivity index (χ4n) is 2.74. The summed E-state index contributed by atoms with van der Waals surface area (Å²) in [5.41, 5.74) is 0.432. The van der Waals surface area contributed by atoms with Crippen molar-refractivity contribution in [2.45, 2.75) is 0 Å². The molecule has 0 amide bonds. The highest BCUT2D eigenvalue weighted by Gasteiger charge is 2.17. The predicted molar refractivity (Wildman–Crippen MR) is 87.6 cm³/mol. The van der Waals surface area contributed by atoms with Crippen molar-refractivity contribution in [3.05, 3.63) is 42.0 Å². The third-order valence-corrected chi connectivity index (χ3v) is 3.85. The number of methoxy groups -OCH3 is 3. The number of carbonyl (C=O) groups is 1. The van der Waals surface area contributed by atoms with Crippen LogP contribution in [0.3, 0.4) is 0 Å². The molecule has 0 fully saturated rings. The zero-order valence-electron chi connectivity index (χ0n) is 13.0. The van der Waals surface area contributed by atoms with Crippen molar-refractivity contribution >= 4 is 27.5 Å². The standard InChI is InChI=1S/C18H16O5/c1-21-16-8-13-12-7-11(19)5-4-10(12)6-15(18(20)23-3)14(13)9-17(16)22-2/h4-9,19H,1-3H3. The van der Waals surface area contributed by atoms with Gasteiger partial charge in [0.05, 0.1) is 26.9 Å². The van der Waals surface area contributed by atoms with Crippen LogP contribution in [0.5, 0.6) is 17.2 Å². The summed E-state index contributed by atoms with van der Waals surface area (Å²) in [7, 11) is 4.43. The molecule has 3 aromatic carbocycles. The highest BCUT2D eigenvalue weighted by atomic mass is 16.5. The number of hydrogen-bond donors (Lipinski definition) is 1. The van der Waals surface area contributed by atoms with Crippen LogP contribution < -0.4 is 9.47 Å². The summed E-state index contributed by atoms with van der Waals surface area (Å²) in [5, 5.41) is 12.9. The quantitative estimate of drug-likeness (QED) is 0.592. The molecular formula is C18H16O5. The molecule has 0 radical (unpaired) electrons. The van der Waals surface area contributed by atoms with Crippen LogP contribution in [-0.4, -0.2) is 32.4 Å². The van der Waals surface area contributed by atoms with Gasteiger partial charge in [-0.3, -0.25) is 0 Å². The maximum Gasteiger partial charge on any atom is 0.338 e. The summed E-state index contributed by atoms with van der Waals surface area (Å²) < 4.78 is 15.6. The van der Waals surface area contributed by atoms with Gasteiger partial charge >= 0.3 is 5.97 Å². The Bertz CT molecular complexity index is 914. The molecule has 0 aliphatic heterocycles. The Morgan fingerprint density at radius 1 is 0.870 bits per heavy atom. The molecule has 1 N–H and O–H groups in total. The van der Waals surface area contributed by atoms with Crippen molar-refractivity contribution in [2.24, 2.45) is 0 Å². The maximum absolute atomic E-state index is 12.1. The zero-order chi connectivity index (χ0) is 16.6. The van der Waals surface area contributed by atoms with E-state index in [4.69, 9.17) is 14.2 Å². The van der Waals surface area contributed by atoms with Crippen molar-refractivity contribution in [1.82, 2.24) is 0 Å². The van der Waals surface area contributed by atoms with E-state index in [0.717, 1.165) is 16.2 Å². The van der Waals surface area contributed by atoms with Crippen molar-refractivity contribution in [1.29, 1.82) is 0 Å². The molecule has 3 rings (SSSR count). The minimum Gasteiger partial charge on any atom is -0.508 e. The van der Waals surface area contributed by atoms with Gasteiger partial charge in [0, 0.05) is 5.39 Å². The van der Waals surface area contributed by atoms with E-state index in [1.165, 1.54) is 14.2 Å². The molecule has 0 spiro atoms. The summed E-state index contributed by atoms with van der Waals surface area (Å²) in [4.78, 5) is 12.1. The van der Waals surface area contributed by atoms with E-state index in [1.54, 1.807) is 43.5 Å². The molecule has 0 heterocycles. The van der Waals surface area contributed by atoms with Gasteiger partial charge in [-0.15, -0.1) is 0 Å². The Morgan fingerprint density at radius 3 is 2.13 bits per heavy atom. The van der Waals surface area contributed by atoms with Crippen LogP contribution in [0.25, 0.3) is 21.5 Å². The van der Waals surface area contributed by atoms with E-state index in [9.17, 15) is 9.90 Å². The normalized spacial score (nSPS) is 10.7. The van der Waals surface area contributed by atoms with Crippen LogP contribution in [0.2, 0.25) is 0 Å². The van der Waals surface area contributed by atoms with Gasteiger partial charge in [-0.05, 0) is 46.5 Å². The highest BCUT2D eigenvalue weighted by molar-refractivity contribution is 6.17. The van der Waals surface area contributed by atoms with E-state index in [2.05, 4.69) is 0 Å². The number of benzene rings is 3. The SMILES string of the molecule is COC(=O)c1cc2ccc(O)cc2c2cc(OC)c(OC)cc12. The summed E-state index contributed by atoms with van der Waals surface area (Å²) in [6, 6.07) is 10.3. The first-order valence-corrected chi connectivity index (χ1v) is 6.98. The monoisotopic (exact) mass is 312 g/mol. The molecule has 0 atom stereocenters. The number of carbonyl (C=O) groups excluding carboxylic acids is 1. The Balaban J connectivity index is 2.51. The molecule has 118 valence electrons. The van der Waals surface area contributed by atoms with E-state index in [1.807, 2.05) is 0 Å². The Morgan fingerprint density at radius 2 is 1.52 bits per heavy atom. The Hall–Kier alpha value is -2.95. The van der Waals surface area contributed by atoms with Gasteiger partial charge in [0.1, 0.15) is 5.75 Å². The number of phenolic OH excluding ortho intramolecular Hbond substituents is 1. The van der Waals surface area contributed by atoms with Gasteiger partial charge < -0.3 is 19.3 Å². The fourth-order valence-corrected chi connectivity index (χ4v) is 2.74. The number of hydrogen-bond acceptors (Lipinski definition) is 5. The molecule has 0 saturated heterocycles. The first kappa shape index (κ1) is 15.0. The van der Waals surface area contributed by atoms with Gasteiger partial charge in [0.15, 0.2) is 11.5 Å². The van der Waals surface area contributed by atoms with E-state index < -0.39 is 5.97 Å². The Labute approximate surface area is 133 Å². The average molecular weight is 312 g/mol. The van der Waals surface area contributed by atoms with Crippen LogP contribution in [0.4, 0.5) is 0 Å². The van der Waals surface area contributed by atoms with Gasteiger partial charge in [-0.1, -0.05) is 6.07 Å². The summed E-state index contributed by atoms with van der Waals surface area (Å²) in [6.45, 7) is 0. The van der Waals surface area contributed by atoms with Gasteiger partial charge in [-0.25, -0.2) is 4.79 Å². The molecule has 0 bridgehead atoms. The third kappa shape index (κ3) is 2.40. The summed E-state index contributed by atoms with van der Waals surface area (Å²) in [6.07, 6.45) is 0. The first-order valence-electron chi connectivity index (χ1n) is 6.98. The largest absolute Gasteiger partial charge is 0.508 e. The number of ether oxygens (including phenoxy) is 3. The van der Waals surface area contributed by atoms with Crippen molar-refractivity contribution in [2.75, 3.05) is 21.3 Å². The number of aromatic hydroxyl groups is 1. The first-order chi connectivity index (χ1) is 11.1. The zero-order valence-corrected chi connectivity index (χ0v) is 13.0. The molecule has 0 unspecified atom stereocenters. The molecule has 5 heteroatoms. The molecule has 0 aromatic heterocycles. The fraction of sp³-hybridized carbons (Fsp3) is 0.167. The summed E-state index contributed by atoms with van der Waals surface area (Å²) >= 11 is 0.